The van der Waals surface area contributed by atoms with Gasteiger partial charge in [0.15, 0.2) is 5.17 Å². The molecule has 130 valence electrons. The Labute approximate surface area is 157 Å². The number of carbonyl (C=O) groups excluding carboxylic acids is 1. The Kier molecular flexibility index (Phi) is 7.03. The first-order valence-electron chi connectivity index (χ1n) is 7.62. The predicted molar refractivity (Wildman–Crippen MR) is 108 cm³/mol. The van der Waals surface area contributed by atoms with Crippen LogP contribution in [0.1, 0.15) is 18.1 Å². The van der Waals surface area contributed by atoms with Crippen LogP contribution in [0.5, 0.6) is 0 Å². The Hall–Kier alpha value is -2.31. The number of rotatable bonds is 4. The summed E-state index contributed by atoms with van der Waals surface area (Å²) in [5.74, 6) is 0.689. The molecule has 1 heterocycles. The van der Waals surface area contributed by atoms with Crippen LogP contribution in [-0.2, 0) is 11.3 Å². The zero-order valence-electron chi connectivity index (χ0n) is 13.7. The Morgan fingerprint density at radius 1 is 1.20 bits per heavy atom. The SMILES string of the molecule is CC(=O)Nc1ccc(C2=NNC(=NCc3ccccc3)SC2)cc1.Cl. The Balaban J connectivity index is 0.00000225. The highest BCUT2D eigenvalue weighted by Crippen LogP contribution is 2.16. The maximum Gasteiger partial charge on any atom is 0.221 e. The maximum absolute atomic E-state index is 11.0. The number of hydrogen-bond acceptors (Lipinski definition) is 4. The molecule has 3 rings (SSSR count). The lowest BCUT2D eigenvalue weighted by Crippen LogP contribution is -2.25. The number of amidine groups is 1. The third-order valence-corrected chi connectivity index (χ3v) is 4.33. The molecular weight excluding hydrogens is 356 g/mol. The molecule has 0 saturated carbocycles. The van der Waals surface area contributed by atoms with Gasteiger partial charge >= 0.3 is 0 Å². The molecule has 5 nitrogen and oxygen atoms in total. The van der Waals surface area contributed by atoms with E-state index in [1.165, 1.54) is 12.5 Å². The number of benzene rings is 2. The maximum atomic E-state index is 11.0. The predicted octanol–water partition coefficient (Wildman–Crippen LogP) is 3.66. The third-order valence-electron chi connectivity index (χ3n) is 3.42. The molecule has 7 heteroatoms. The second-order valence-corrected chi connectivity index (χ2v) is 6.29. The van der Waals surface area contributed by atoms with Gasteiger partial charge in [-0.2, -0.15) is 5.10 Å². The highest BCUT2D eigenvalue weighted by molar-refractivity contribution is 8.14. The summed E-state index contributed by atoms with van der Waals surface area (Å²) in [6, 6.07) is 17.8. The lowest BCUT2D eigenvalue weighted by molar-refractivity contribution is -0.114. The molecule has 0 saturated heterocycles. The van der Waals surface area contributed by atoms with Crippen LogP contribution in [0.15, 0.2) is 64.7 Å². The van der Waals surface area contributed by atoms with Crippen LogP contribution in [0.2, 0.25) is 0 Å². The van der Waals surface area contributed by atoms with Gasteiger partial charge in [0.2, 0.25) is 5.91 Å². The molecule has 2 aromatic rings. The molecule has 0 aromatic heterocycles. The van der Waals surface area contributed by atoms with E-state index in [0.29, 0.717) is 6.54 Å². The number of hydrazone groups is 1. The van der Waals surface area contributed by atoms with Crippen LogP contribution in [-0.4, -0.2) is 22.5 Å². The molecule has 0 fully saturated rings. The van der Waals surface area contributed by atoms with Crippen LogP contribution >= 0.6 is 24.2 Å². The van der Waals surface area contributed by atoms with Crippen LogP contribution in [0.3, 0.4) is 0 Å². The molecule has 0 unspecified atom stereocenters. The van der Waals surface area contributed by atoms with E-state index >= 15 is 0 Å². The average Bonchev–Trinajstić information content (AvgIpc) is 2.62. The molecule has 0 radical (unpaired) electrons. The summed E-state index contributed by atoms with van der Waals surface area (Å²) in [5.41, 5.74) is 6.98. The molecular formula is C18H19ClN4OS. The van der Waals surface area contributed by atoms with Crippen molar-refractivity contribution in [2.45, 2.75) is 13.5 Å². The molecule has 2 N–H and O–H groups in total. The monoisotopic (exact) mass is 374 g/mol. The van der Waals surface area contributed by atoms with Gasteiger partial charge in [-0.1, -0.05) is 54.2 Å². The molecule has 0 aliphatic carbocycles. The van der Waals surface area contributed by atoms with E-state index < -0.39 is 0 Å². The second-order valence-electron chi connectivity index (χ2n) is 5.32. The van der Waals surface area contributed by atoms with Gasteiger partial charge in [-0.05, 0) is 23.3 Å². The number of carbonyl (C=O) groups is 1. The fraction of sp³-hybridized carbons (Fsp3) is 0.167. The van der Waals surface area contributed by atoms with Gasteiger partial charge in [0.25, 0.3) is 0 Å². The van der Waals surface area contributed by atoms with Crippen molar-refractivity contribution in [1.82, 2.24) is 5.43 Å². The fourth-order valence-corrected chi connectivity index (χ4v) is 3.01. The van der Waals surface area contributed by atoms with Gasteiger partial charge in [-0.15, -0.1) is 12.4 Å². The number of amides is 1. The van der Waals surface area contributed by atoms with E-state index in [0.717, 1.165) is 27.9 Å². The summed E-state index contributed by atoms with van der Waals surface area (Å²) in [6.07, 6.45) is 0. The van der Waals surface area contributed by atoms with Crippen LogP contribution in [0.4, 0.5) is 5.69 Å². The largest absolute Gasteiger partial charge is 0.326 e. The second kappa shape index (κ2) is 9.25. The zero-order valence-corrected chi connectivity index (χ0v) is 15.4. The molecule has 1 aliphatic rings. The number of nitrogens with zero attached hydrogens (tertiary/aromatic N) is 2. The van der Waals surface area contributed by atoms with Gasteiger partial charge in [0.05, 0.1) is 12.3 Å². The summed E-state index contributed by atoms with van der Waals surface area (Å²) in [6.45, 7) is 2.14. The minimum atomic E-state index is -0.0748. The lowest BCUT2D eigenvalue weighted by Gasteiger charge is -2.15. The molecule has 2 aromatic carbocycles. The van der Waals surface area contributed by atoms with Gasteiger partial charge < -0.3 is 5.32 Å². The first kappa shape index (κ1) is 19.0. The van der Waals surface area contributed by atoms with Crippen LogP contribution < -0.4 is 10.7 Å². The Bertz CT molecular complexity index is 775. The van der Waals surface area contributed by atoms with Crippen molar-refractivity contribution in [3.63, 3.8) is 0 Å². The minimum Gasteiger partial charge on any atom is -0.326 e. The van der Waals surface area contributed by atoms with E-state index in [9.17, 15) is 4.79 Å². The summed E-state index contributed by atoms with van der Waals surface area (Å²) >= 11 is 1.64. The van der Waals surface area contributed by atoms with E-state index in [1.54, 1.807) is 11.8 Å². The Morgan fingerprint density at radius 3 is 2.52 bits per heavy atom. The fourth-order valence-electron chi connectivity index (χ4n) is 2.24. The lowest BCUT2D eigenvalue weighted by atomic mass is 10.1. The third kappa shape index (κ3) is 5.62. The first-order chi connectivity index (χ1) is 11.7. The highest BCUT2D eigenvalue weighted by atomic mass is 35.5. The highest BCUT2D eigenvalue weighted by Gasteiger charge is 2.12. The molecule has 0 spiro atoms. The van der Waals surface area contributed by atoms with Crippen molar-refractivity contribution in [3.8, 4) is 0 Å². The molecule has 1 aliphatic heterocycles. The number of thioether (sulfide) groups is 1. The van der Waals surface area contributed by atoms with Crippen molar-refractivity contribution in [3.05, 3.63) is 65.7 Å². The summed E-state index contributed by atoms with van der Waals surface area (Å²) in [4.78, 5) is 15.6. The Morgan fingerprint density at radius 2 is 1.92 bits per heavy atom. The standard InChI is InChI=1S/C18H18N4OS.ClH/c1-13(23)20-16-9-7-15(8-10-16)17-12-24-18(22-21-17)19-11-14-5-3-2-4-6-14;/h2-10H,11-12H2,1H3,(H,19,22)(H,20,23);1H. The summed E-state index contributed by atoms with van der Waals surface area (Å²) in [5, 5.41) is 8.00. The summed E-state index contributed by atoms with van der Waals surface area (Å²) < 4.78 is 0. The van der Waals surface area contributed by atoms with Gasteiger partial charge in [-0.3, -0.25) is 15.2 Å². The number of nitrogens with one attached hydrogen (secondary N) is 2. The normalized spacial score (nSPS) is 14.9. The van der Waals surface area contributed by atoms with Crippen molar-refractivity contribution in [2.24, 2.45) is 10.1 Å². The minimum absolute atomic E-state index is 0. The van der Waals surface area contributed by atoms with E-state index in [1.807, 2.05) is 42.5 Å². The molecule has 0 bridgehead atoms. The molecule has 0 atom stereocenters. The number of halogens is 1. The quantitative estimate of drug-likeness (QED) is 0.858. The van der Waals surface area contributed by atoms with Crippen molar-refractivity contribution < 1.29 is 4.79 Å². The van der Waals surface area contributed by atoms with E-state index in [-0.39, 0.29) is 18.3 Å². The number of anilines is 1. The number of aliphatic imine (C=N–C) groups is 1. The average molecular weight is 375 g/mol. The molecule has 1 amide bonds. The van der Waals surface area contributed by atoms with Crippen LogP contribution in [0.25, 0.3) is 0 Å². The van der Waals surface area contributed by atoms with Gasteiger partial charge in [-0.25, -0.2) is 0 Å². The van der Waals surface area contributed by atoms with Gasteiger partial charge in [0, 0.05) is 18.4 Å². The van der Waals surface area contributed by atoms with E-state index in [4.69, 9.17) is 0 Å². The van der Waals surface area contributed by atoms with Gasteiger partial charge in [0.1, 0.15) is 0 Å². The smallest absolute Gasteiger partial charge is 0.221 e. The zero-order chi connectivity index (χ0) is 16.8. The number of hydrogen-bond donors (Lipinski definition) is 2. The van der Waals surface area contributed by atoms with Crippen molar-refractivity contribution in [1.29, 1.82) is 0 Å². The van der Waals surface area contributed by atoms with Crippen LogP contribution in [0, 0.1) is 0 Å². The topological polar surface area (TPSA) is 65.8 Å². The van der Waals surface area contributed by atoms with Crippen molar-refractivity contribution >= 4 is 46.6 Å². The first-order valence-corrected chi connectivity index (χ1v) is 8.61. The molecule has 25 heavy (non-hydrogen) atoms. The van der Waals surface area contributed by atoms with Crippen molar-refractivity contribution in [2.75, 3.05) is 11.1 Å². The summed E-state index contributed by atoms with van der Waals surface area (Å²) in [7, 11) is 0. The van der Waals surface area contributed by atoms with E-state index in [2.05, 4.69) is 33.0 Å².